The van der Waals surface area contributed by atoms with E-state index >= 15 is 0 Å². The summed E-state index contributed by atoms with van der Waals surface area (Å²) in [6, 6.07) is 9.59. The van der Waals surface area contributed by atoms with E-state index in [0.717, 1.165) is 24.8 Å². The summed E-state index contributed by atoms with van der Waals surface area (Å²) in [6.07, 6.45) is 3.38. The molecule has 16 heavy (non-hydrogen) atoms. The molecule has 2 unspecified atom stereocenters. The maximum absolute atomic E-state index is 11.3. The van der Waals surface area contributed by atoms with E-state index in [2.05, 4.69) is 0 Å². The summed E-state index contributed by atoms with van der Waals surface area (Å²) in [5.41, 5.74) is 0.934. The van der Waals surface area contributed by atoms with E-state index in [0.29, 0.717) is 6.42 Å². The fourth-order valence-electron chi connectivity index (χ4n) is 2.51. The Labute approximate surface area is 100 Å². The van der Waals surface area contributed by atoms with Crippen molar-refractivity contribution in [2.75, 3.05) is 0 Å². The van der Waals surface area contributed by atoms with E-state index < -0.39 is 16.8 Å². The Morgan fingerprint density at radius 2 is 2.00 bits per heavy atom. The SMILES string of the molecule is O=C(O)C1CCCCC1(Cl)c1ccccc1. The Morgan fingerprint density at radius 1 is 1.31 bits per heavy atom. The highest BCUT2D eigenvalue weighted by Gasteiger charge is 2.44. The molecule has 1 saturated carbocycles. The summed E-state index contributed by atoms with van der Waals surface area (Å²) < 4.78 is 0. The number of alkyl halides is 1. The first-order valence-electron chi connectivity index (χ1n) is 5.62. The van der Waals surface area contributed by atoms with Crippen molar-refractivity contribution in [2.45, 2.75) is 30.6 Å². The lowest BCUT2D eigenvalue weighted by Crippen LogP contribution is -2.37. The van der Waals surface area contributed by atoms with Crippen LogP contribution < -0.4 is 0 Å². The number of carboxylic acids is 1. The monoisotopic (exact) mass is 238 g/mol. The Hall–Kier alpha value is -1.02. The zero-order chi connectivity index (χ0) is 11.6. The quantitative estimate of drug-likeness (QED) is 0.802. The minimum atomic E-state index is -0.779. The Morgan fingerprint density at radius 3 is 2.62 bits per heavy atom. The van der Waals surface area contributed by atoms with Gasteiger partial charge in [-0.2, -0.15) is 0 Å². The van der Waals surface area contributed by atoms with Crippen molar-refractivity contribution in [3.05, 3.63) is 35.9 Å². The molecule has 2 rings (SSSR count). The second-order valence-electron chi connectivity index (χ2n) is 4.37. The van der Waals surface area contributed by atoms with Crippen molar-refractivity contribution in [3.8, 4) is 0 Å². The highest BCUT2D eigenvalue weighted by molar-refractivity contribution is 6.25. The largest absolute Gasteiger partial charge is 0.481 e. The van der Waals surface area contributed by atoms with E-state index in [-0.39, 0.29) is 0 Å². The molecule has 1 aromatic carbocycles. The van der Waals surface area contributed by atoms with Crippen molar-refractivity contribution in [1.82, 2.24) is 0 Å². The van der Waals surface area contributed by atoms with Gasteiger partial charge in [0.25, 0.3) is 0 Å². The number of carbonyl (C=O) groups is 1. The number of hydrogen-bond donors (Lipinski definition) is 1. The van der Waals surface area contributed by atoms with Crippen molar-refractivity contribution < 1.29 is 9.90 Å². The molecule has 0 heterocycles. The van der Waals surface area contributed by atoms with Gasteiger partial charge in [-0.25, -0.2) is 0 Å². The maximum atomic E-state index is 11.3. The predicted octanol–water partition coefficient (Wildman–Crippen LogP) is 3.40. The molecule has 0 bridgehead atoms. The predicted molar refractivity (Wildman–Crippen MR) is 63.6 cm³/mol. The molecule has 0 aromatic heterocycles. The van der Waals surface area contributed by atoms with Crippen molar-refractivity contribution in [1.29, 1.82) is 0 Å². The van der Waals surface area contributed by atoms with Crippen molar-refractivity contribution in [2.24, 2.45) is 5.92 Å². The van der Waals surface area contributed by atoms with Gasteiger partial charge in [-0.1, -0.05) is 43.2 Å². The molecule has 1 aliphatic rings. The van der Waals surface area contributed by atoms with Gasteiger partial charge >= 0.3 is 5.97 Å². The Balaban J connectivity index is 2.37. The van der Waals surface area contributed by atoms with Crippen LogP contribution in [-0.2, 0) is 9.67 Å². The second kappa shape index (κ2) is 4.46. The van der Waals surface area contributed by atoms with Crippen LogP contribution in [0.1, 0.15) is 31.2 Å². The molecule has 1 aromatic rings. The number of rotatable bonds is 2. The number of benzene rings is 1. The average Bonchev–Trinajstić information content (AvgIpc) is 2.30. The second-order valence-corrected chi connectivity index (χ2v) is 5.04. The third kappa shape index (κ3) is 1.94. The highest BCUT2D eigenvalue weighted by atomic mass is 35.5. The number of aliphatic carboxylic acids is 1. The third-order valence-corrected chi connectivity index (χ3v) is 4.06. The first kappa shape index (κ1) is 11.5. The smallest absolute Gasteiger partial charge is 0.308 e. The molecule has 0 radical (unpaired) electrons. The van der Waals surface area contributed by atoms with Gasteiger partial charge in [0.1, 0.15) is 0 Å². The summed E-state index contributed by atoms with van der Waals surface area (Å²) >= 11 is 6.58. The summed E-state index contributed by atoms with van der Waals surface area (Å²) in [6.45, 7) is 0. The standard InChI is InChI=1S/C13H15ClO2/c14-13(10-6-2-1-3-7-10)9-5-4-8-11(13)12(15)16/h1-3,6-7,11H,4-5,8-9H2,(H,15,16). The molecule has 0 saturated heterocycles. The fraction of sp³-hybridized carbons (Fsp3) is 0.462. The first-order chi connectivity index (χ1) is 7.64. The van der Waals surface area contributed by atoms with Gasteiger partial charge in [-0.3, -0.25) is 4.79 Å². The summed E-state index contributed by atoms with van der Waals surface area (Å²) in [7, 11) is 0. The van der Waals surface area contributed by atoms with Crippen LogP contribution in [-0.4, -0.2) is 11.1 Å². The number of hydrogen-bond acceptors (Lipinski definition) is 1. The van der Waals surface area contributed by atoms with Crippen LogP contribution >= 0.6 is 11.6 Å². The summed E-state index contributed by atoms with van der Waals surface area (Å²) in [5.74, 6) is -1.25. The normalized spacial score (nSPS) is 29.9. The molecule has 0 amide bonds. The van der Waals surface area contributed by atoms with E-state index in [1.165, 1.54) is 0 Å². The number of carboxylic acid groups (broad SMARTS) is 1. The van der Waals surface area contributed by atoms with Gasteiger partial charge in [0, 0.05) is 0 Å². The minimum absolute atomic E-state index is 0.467. The Bertz CT molecular complexity index is 377. The minimum Gasteiger partial charge on any atom is -0.481 e. The van der Waals surface area contributed by atoms with Crippen LogP contribution in [0, 0.1) is 5.92 Å². The third-order valence-electron chi connectivity index (χ3n) is 3.39. The van der Waals surface area contributed by atoms with E-state index in [9.17, 15) is 9.90 Å². The van der Waals surface area contributed by atoms with E-state index in [1.807, 2.05) is 30.3 Å². The molecule has 0 spiro atoms. The average molecular weight is 239 g/mol. The maximum Gasteiger partial charge on any atom is 0.308 e. The first-order valence-corrected chi connectivity index (χ1v) is 5.99. The van der Waals surface area contributed by atoms with Gasteiger partial charge in [0.2, 0.25) is 0 Å². The summed E-state index contributed by atoms with van der Waals surface area (Å²) in [5, 5.41) is 9.25. The van der Waals surface area contributed by atoms with Crippen LogP contribution in [0.15, 0.2) is 30.3 Å². The fourth-order valence-corrected chi connectivity index (χ4v) is 2.98. The molecule has 1 fully saturated rings. The van der Waals surface area contributed by atoms with Gasteiger partial charge in [-0.05, 0) is 18.4 Å². The molecule has 86 valence electrons. The lowest BCUT2D eigenvalue weighted by Gasteiger charge is -2.37. The van der Waals surface area contributed by atoms with E-state index in [1.54, 1.807) is 0 Å². The van der Waals surface area contributed by atoms with Crippen molar-refractivity contribution in [3.63, 3.8) is 0 Å². The van der Waals surface area contributed by atoms with Gasteiger partial charge < -0.3 is 5.11 Å². The Kier molecular flexibility index (Phi) is 3.20. The van der Waals surface area contributed by atoms with Crippen LogP contribution in [0.5, 0.6) is 0 Å². The van der Waals surface area contributed by atoms with Crippen molar-refractivity contribution >= 4 is 17.6 Å². The molecule has 0 aliphatic heterocycles. The molecule has 1 N–H and O–H groups in total. The molecule has 2 nitrogen and oxygen atoms in total. The van der Waals surface area contributed by atoms with Crippen LogP contribution in [0.4, 0.5) is 0 Å². The lowest BCUT2D eigenvalue weighted by atomic mass is 9.74. The topological polar surface area (TPSA) is 37.3 Å². The van der Waals surface area contributed by atoms with E-state index in [4.69, 9.17) is 11.6 Å². The van der Waals surface area contributed by atoms with Crippen LogP contribution in [0.3, 0.4) is 0 Å². The van der Waals surface area contributed by atoms with Gasteiger partial charge in [-0.15, -0.1) is 11.6 Å². The molecule has 2 atom stereocenters. The lowest BCUT2D eigenvalue weighted by molar-refractivity contribution is -0.144. The molecular weight excluding hydrogens is 224 g/mol. The zero-order valence-corrected chi connectivity index (χ0v) is 9.78. The van der Waals surface area contributed by atoms with Gasteiger partial charge in [0.05, 0.1) is 10.8 Å². The molecular formula is C13H15ClO2. The van der Waals surface area contributed by atoms with Crippen LogP contribution in [0.25, 0.3) is 0 Å². The highest BCUT2D eigenvalue weighted by Crippen LogP contribution is 2.47. The number of halogens is 1. The molecule has 1 aliphatic carbocycles. The zero-order valence-electron chi connectivity index (χ0n) is 9.03. The summed E-state index contributed by atoms with van der Waals surface area (Å²) in [4.78, 5) is 10.5. The molecule has 3 heteroatoms. The van der Waals surface area contributed by atoms with Gasteiger partial charge in [0.15, 0.2) is 0 Å². The van der Waals surface area contributed by atoms with Crippen LogP contribution in [0.2, 0.25) is 0 Å².